The van der Waals surface area contributed by atoms with Crippen LogP contribution in [0.25, 0.3) is 0 Å². The van der Waals surface area contributed by atoms with E-state index in [2.05, 4.69) is 29.3 Å². The second kappa shape index (κ2) is 9.11. The van der Waals surface area contributed by atoms with Crippen molar-refractivity contribution in [3.63, 3.8) is 0 Å². The van der Waals surface area contributed by atoms with Crippen LogP contribution in [-0.4, -0.2) is 34.5 Å². The maximum Gasteiger partial charge on any atom is 0.337 e. The smallest absolute Gasteiger partial charge is 0.337 e. The Kier molecular flexibility index (Phi) is 6.77. The highest BCUT2D eigenvalue weighted by Crippen LogP contribution is 2.54. The van der Waals surface area contributed by atoms with Gasteiger partial charge in [0, 0.05) is 29.6 Å². The lowest BCUT2D eigenvalue weighted by Gasteiger charge is -2.40. The minimum atomic E-state index is -0.890. The van der Waals surface area contributed by atoms with Gasteiger partial charge in [-0.15, -0.1) is 0 Å². The third kappa shape index (κ3) is 4.25. The van der Waals surface area contributed by atoms with Crippen LogP contribution in [0.4, 0.5) is 5.69 Å². The number of carbonyl (C=O) groups is 1. The van der Waals surface area contributed by atoms with Crippen molar-refractivity contribution in [2.24, 2.45) is 22.2 Å². The van der Waals surface area contributed by atoms with Gasteiger partial charge in [-0.3, -0.25) is 5.43 Å². The molecule has 1 spiro atoms. The van der Waals surface area contributed by atoms with E-state index in [1.807, 2.05) is 18.3 Å². The minimum Gasteiger partial charge on any atom is -0.478 e. The van der Waals surface area contributed by atoms with Gasteiger partial charge in [0.1, 0.15) is 0 Å². The predicted molar refractivity (Wildman–Crippen MR) is 121 cm³/mol. The van der Waals surface area contributed by atoms with Gasteiger partial charge in [0.2, 0.25) is 0 Å². The van der Waals surface area contributed by atoms with E-state index in [-0.39, 0.29) is 28.5 Å². The first-order chi connectivity index (χ1) is 13.9. The van der Waals surface area contributed by atoms with Crippen LogP contribution in [0.15, 0.2) is 29.4 Å². The second-order valence-electron chi connectivity index (χ2n) is 8.43. The highest BCUT2D eigenvalue weighted by atomic mass is 32.1. The molecular weight excluding hydrogens is 384 g/mol. The van der Waals surface area contributed by atoms with E-state index in [0.29, 0.717) is 5.56 Å². The fraction of sp³-hybridized carbons (Fsp3) is 0.591. The van der Waals surface area contributed by atoms with Crippen molar-refractivity contribution >= 4 is 35.2 Å². The Morgan fingerprint density at radius 1 is 1.24 bits per heavy atom. The van der Waals surface area contributed by atoms with Crippen molar-refractivity contribution in [3.8, 4) is 0 Å². The molecule has 0 radical (unpaired) electrons. The van der Waals surface area contributed by atoms with Crippen LogP contribution in [-0.2, 0) is 0 Å². The number of anilines is 1. The summed E-state index contributed by atoms with van der Waals surface area (Å²) in [5.41, 5.74) is 9.46. The molecule has 1 saturated heterocycles. The van der Waals surface area contributed by atoms with E-state index in [0.717, 1.165) is 18.5 Å². The number of hydrogen-bond acceptors (Lipinski definition) is 4. The number of hydrazone groups is 1. The predicted octanol–water partition coefficient (Wildman–Crippen LogP) is 4.15. The number of hydrogen-bond donors (Lipinski definition) is 3. The topological polar surface area (TPSA) is 91.0 Å². The lowest BCUT2D eigenvalue weighted by atomic mass is 9.65. The highest BCUT2D eigenvalue weighted by Gasteiger charge is 2.55. The van der Waals surface area contributed by atoms with E-state index in [1.165, 1.54) is 32.1 Å². The number of carboxylic acid groups (broad SMARTS) is 1. The van der Waals surface area contributed by atoms with Gasteiger partial charge in [-0.25, -0.2) is 4.79 Å². The van der Waals surface area contributed by atoms with E-state index in [1.54, 1.807) is 12.1 Å². The van der Waals surface area contributed by atoms with Crippen LogP contribution in [0, 0.1) is 11.3 Å². The van der Waals surface area contributed by atoms with Crippen LogP contribution < -0.4 is 16.1 Å². The Morgan fingerprint density at radius 2 is 1.86 bits per heavy atom. The molecule has 6 nitrogen and oxygen atoms in total. The number of carboxylic acids is 1. The maximum absolute atomic E-state index is 11.9. The summed E-state index contributed by atoms with van der Waals surface area (Å²) in [4.78, 5) is 14.2. The molecule has 2 aliphatic rings. The molecule has 29 heavy (non-hydrogen) atoms. The third-order valence-electron chi connectivity index (χ3n) is 6.98. The third-order valence-corrected chi connectivity index (χ3v) is 7.07. The normalized spacial score (nSPS) is 27.0. The van der Waals surface area contributed by atoms with Crippen molar-refractivity contribution in [1.82, 2.24) is 5.43 Å². The summed E-state index contributed by atoms with van der Waals surface area (Å²) in [7, 11) is 0. The van der Waals surface area contributed by atoms with Crippen molar-refractivity contribution in [2.75, 3.05) is 4.90 Å². The Hall–Kier alpha value is -2.15. The van der Waals surface area contributed by atoms with Gasteiger partial charge in [0.15, 0.2) is 5.11 Å². The molecule has 0 aromatic heterocycles. The Morgan fingerprint density at radius 3 is 2.48 bits per heavy atom. The zero-order valence-electron chi connectivity index (χ0n) is 17.3. The fourth-order valence-corrected chi connectivity index (χ4v) is 5.69. The number of nitrogens with two attached hydrogens (primary N) is 1. The number of nitrogens with zero attached hydrogens (tertiary/aromatic N) is 2. The van der Waals surface area contributed by atoms with E-state index in [4.69, 9.17) is 18.0 Å². The van der Waals surface area contributed by atoms with Crippen molar-refractivity contribution in [3.05, 3.63) is 29.8 Å². The first-order valence-electron chi connectivity index (χ1n) is 10.6. The summed E-state index contributed by atoms with van der Waals surface area (Å²) in [6.07, 6.45) is 10.4. The molecule has 1 aliphatic carbocycles. The summed E-state index contributed by atoms with van der Waals surface area (Å²) in [6, 6.07) is 7.65. The van der Waals surface area contributed by atoms with Gasteiger partial charge in [0.05, 0.1) is 11.3 Å². The quantitative estimate of drug-likeness (QED) is 0.388. The Bertz CT molecular complexity index is 774. The van der Waals surface area contributed by atoms with Crippen LogP contribution in [0.5, 0.6) is 0 Å². The van der Waals surface area contributed by atoms with Crippen molar-refractivity contribution in [1.29, 1.82) is 0 Å². The maximum atomic E-state index is 11.9. The molecule has 1 aromatic carbocycles. The molecule has 158 valence electrons. The monoisotopic (exact) mass is 416 g/mol. The zero-order chi connectivity index (χ0) is 21.0. The number of benzene rings is 1. The van der Waals surface area contributed by atoms with Gasteiger partial charge in [-0.2, -0.15) is 5.10 Å². The minimum absolute atomic E-state index is 0.0485. The number of thiocarbonyl (C=S) groups is 1. The lowest BCUT2D eigenvalue weighted by molar-refractivity contribution is 0.0697. The number of rotatable bonds is 4. The summed E-state index contributed by atoms with van der Waals surface area (Å²) in [5.74, 6) is -0.710. The van der Waals surface area contributed by atoms with E-state index in [9.17, 15) is 9.90 Å². The van der Waals surface area contributed by atoms with Crippen LogP contribution in [0.1, 0.15) is 69.2 Å². The molecule has 0 bridgehead atoms. The molecule has 3 atom stereocenters. The second-order valence-corrected chi connectivity index (χ2v) is 8.87. The molecule has 2 fully saturated rings. The van der Waals surface area contributed by atoms with Crippen molar-refractivity contribution < 1.29 is 9.90 Å². The van der Waals surface area contributed by atoms with E-state index >= 15 is 0 Å². The summed E-state index contributed by atoms with van der Waals surface area (Å²) >= 11 is 4.90. The van der Waals surface area contributed by atoms with Crippen LogP contribution in [0.3, 0.4) is 0 Å². The van der Waals surface area contributed by atoms with Crippen molar-refractivity contribution in [2.45, 2.75) is 70.9 Å². The van der Waals surface area contributed by atoms with Gasteiger partial charge >= 0.3 is 5.97 Å². The highest BCUT2D eigenvalue weighted by molar-refractivity contribution is 7.80. The molecule has 0 amide bonds. The molecule has 1 aromatic rings. The van der Waals surface area contributed by atoms with E-state index < -0.39 is 5.97 Å². The Labute approximate surface area is 178 Å². The molecule has 4 N–H and O–H groups in total. The average molecular weight is 417 g/mol. The molecule has 1 heterocycles. The SMILES string of the molecule is CC1C(/C=N/NC(N)=S)C2(CCCCCCC2)C(C)N1c1ccccc1C(=O)O. The van der Waals surface area contributed by atoms with Gasteiger partial charge in [0.25, 0.3) is 0 Å². The largest absolute Gasteiger partial charge is 0.478 e. The van der Waals surface area contributed by atoms with Gasteiger partial charge in [-0.05, 0) is 51.0 Å². The number of nitrogens with one attached hydrogen (secondary N) is 1. The molecule has 3 rings (SSSR count). The fourth-order valence-electron chi connectivity index (χ4n) is 5.64. The number of aromatic carboxylic acids is 1. The standard InChI is InChI=1S/C22H32N4O2S/c1-15-18(14-24-25-21(23)29)22(12-8-4-3-5-9-13-22)16(2)26(15)19-11-7-6-10-17(19)20(27)28/h6-7,10-11,14-16,18H,3-5,8-9,12-13H2,1-2H3,(H,27,28)(H3,23,25,29)/b24-14+. The average Bonchev–Trinajstić information content (AvgIpc) is 2.85. The van der Waals surface area contributed by atoms with Gasteiger partial charge in [-0.1, -0.05) is 44.2 Å². The zero-order valence-corrected chi connectivity index (χ0v) is 18.1. The molecule has 1 saturated carbocycles. The summed E-state index contributed by atoms with van der Waals surface area (Å²) < 4.78 is 0. The molecule has 3 unspecified atom stereocenters. The molecule has 7 heteroatoms. The molecular formula is C22H32N4O2S. The first kappa shape index (κ1) is 21.6. The number of para-hydroxylation sites is 1. The summed E-state index contributed by atoms with van der Waals surface area (Å²) in [6.45, 7) is 4.44. The molecule has 1 aliphatic heterocycles. The first-order valence-corrected chi connectivity index (χ1v) is 11.0. The van der Waals surface area contributed by atoms with Gasteiger partial charge < -0.3 is 15.7 Å². The lowest BCUT2D eigenvalue weighted by Crippen LogP contribution is -2.41. The summed E-state index contributed by atoms with van der Waals surface area (Å²) in [5, 5.41) is 14.3. The van der Waals surface area contributed by atoms with Crippen LogP contribution in [0.2, 0.25) is 0 Å². The Balaban J connectivity index is 2.05. The van der Waals surface area contributed by atoms with Crippen LogP contribution >= 0.6 is 12.2 Å².